The van der Waals surface area contributed by atoms with Crippen molar-refractivity contribution in [3.8, 4) is 17.2 Å². The summed E-state index contributed by atoms with van der Waals surface area (Å²) < 4.78 is 10.9. The lowest BCUT2D eigenvalue weighted by molar-refractivity contribution is 0.177. The van der Waals surface area contributed by atoms with Gasteiger partial charge in [0.15, 0.2) is 0 Å². The summed E-state index contributed by atoms with van der Waals surface area (Å²) in [4.78, 5) is 0. The molecule has 3 rings (SSSR count). The molecule has 0 fully saturated rings. The van der Waals surface area contributed by atoms with E-state index in [-0.39, 0.29) is 19.0 Å². The SMILES string of the molecule is COc1ccccc1NC1(CO)COc2cc(O)ccc21. The Morgan fingerprint density at radius 1 is 1.29 bits per heavy atom. The molecule has 0 aliphatic carbocycles. The minimum atomic E-state index is -0.752. The van der Waals surface area contributed by atoms with Crippen LogP contribution in [0.1, 0.15) is 5.56 Å². The summed E-state index contributed by atoms with van der Waals surface area (Å²) in [6.07, 6.45) is 0. The molecule has 2 aromatic carbocycles. The maximum Gasteiger partial charge on any atom is 0.141 e. The molecular formula is C16H17NO4. The van der Waals surface area contributed by atoms with Crippen LogP contribution in [0.2, 0.25) is 0 Å². The number of ether oxygens (including phenoxy) is 2. The Morgan fingerprint density at radius 2 is 2.10 bits per heavy atom. The Bertz CT molecular complexity index is 658. The molecule has 2 aromatic rings. The Kier molecular flexibility index (Phi) is 3.35. The monoisotopic (exact) mass is 287 g/mol. The van der Waals surface area contributed by atoms with Gasteiger partial charge in [0.2, 0.25) is 0 Å². The highest BCUT2D eigenvalue weighted by Crippen LogP contribution is 2.42. The number of phenols is 1. The normalized spacial score (nSPS) is 19.7. The fraction of sp³-hybridized carbons (Fsp3) is 0.250. The number of nitrogens with one attached hydrogen (secondary N) is 1. The molecule has 0 amide bonds. The molecule has 0 aromatic heterocycles. The summed E-state index contributed by atoms with van der Waals surface area (Å²) in [5, 5.41) is 22.8. The van der Waals surface area contributed by atoms with Crippen LogP contribution in [-0.4, -0.2) is 30.5 Å². The molecule has 21 heavy (non-hydrogen) atoms. The quantitative estimate of drug-likeness (QED) is 0.803. The number of hydrogen-bond acceptors (Lipinski definition) is 5. The van der Waals surface area contributed by atoms with Crippen molar-refractivity contribution >= 4 is 5.69 Å². The fourth-order valence-corrected chi connectivity index (χ4v) is 2.58. The van der Waals surface area contributed by atoms with Gasteiger partial charge in [0, 0.05) is 11.6 Å². The third kappa shape index (κ3) is 2.25. The number of aromatic hydroxyl groups is 1. The van der Waals surface area contributed by atoms with Gasteiger partial charge in [-0.05, 0) is 24.3 Å². The van der Waals surface area contributed by atoms with E-state index in [1.807, 2.05) is 24.3 Å². The Hall–Kier alpha value is -2.40. The number of anilines is 1. The highest BCUT2D eigenvalue weighted by Gasteiger charge is 2.41. The number of rotatable bonds is 4. The van der Waals surface area contributed by atoms with Crippen LogP contribution in [0, 0.1) is 0 Å². The van der Waals surface area contributed by atoms with Crippen molar-refractivity contribution in [1.82, 2.24) is 0 Å². The van der Waals surface area contributed by atoms with E-state index in [0.717, 1.165) is 11.3 Å². The van der Waals surface area contributed by atoms with Crippen LogP contribution in [0.4, 0.5) is 5.69 Å². The smallest absolute Gasteiger partial charge is 0.141 e. The molecule has 1 unspecified atom stereocenters. The van der Waals surface area contributed by atoms with Gasteiger partial charge in [-0.3, -0.25) is 0 Å². The summed E-state index contributed by atoms with van der Waals surface area (Å²) in [5.74, 6) is 1.41. The van der Waals surface area contributed by atoms with E-state index in [1.165, 1.54) is 0 Å². The molecular weight excluding hydrogens is 270 g/mol. The van der Waals surface area contributed by atoms with Crippen molar-refractivity contribution in [2.45, 2.75) is 5.54 Å². The van der Waals surface area contributed by atoms with Crippen molar-refractivity contribution in [2.75, 3.05) is 25.6 Å². The summed E-state index contributed by atoms with van der Waals surface area (Å²) in [6.45, 7) is 0.142. The molecule has 0 saturated heterocycles. The second-order valence-electron chi connectivity index (χ2n) is 5.03. The maximum atomic E-state index is 9.91. The van der Waals surface area contributed by atoms with Gasteiger partial charge in [-0.15, -0.1) is 0 Å². The zero-order valence-corrected chi connectivity index (χ0v) is 11.7. The van der Waals surface area contributed by atoms with Crippen molar-refractivity contribution in [1.29, 1.82) is 0 Å². The molecule has 1 atom stereocenters. The van der Waals surface area contributed by atoms with Gasteiger partial charge in [-0.25, -0.2) is 0 Å². The second kappa shape index (κ2) is 5.18. The van der Waals surface area contributed by atoms with E-state index in [4.69, 9.17) is 9.47 Å². The van der Waals surface area contributed by atoms with Crippen molar-refractivity contribution in [3.63, 3.8) is 0 Å². The standard InChI is InChI=1S/C16H17NO4/c1-20-14-5-3-2-4-13(14)17-16(9-18)10-21-15-8-11(19)6-7-12(15)16/h2-8,17-19H,9-10H2,1H3. The number of methoxy groups -OCH3 is 1. The Balaban J connectivity index is 2.00. The molecule has 5 heteroatoms. The predicted molar refractivity (Wildman–Crippen MR) is 79.0 cm³/mol. The molecule has 110 valence electrons. The Labute approximate surface area is 122 Å². The fourth-order valence-electron chi connectivity index (χ4n) is 2.58. The third-order valence-corrected chi connectivity index (χ3v) is 3.71. The van der Waals surface area contributed by atoms with Crippen LogP contribution >= 0.6 is 0 Å². The van der Waals surface area contributed by atoms with Gasteiger partial charge in [-0.1, -0.05) is 12.1 Å². The van der Waals surface area contributed by atoms with Crippen LogP contribution < -0.4 is 14.8 Å². The van der Waals surface area contributed by atoms with E-state index in [1.54, 1.807) is 25.3 Å². The lowest BCUT2D eigenvalue weighted by Crippen LogP contribution is -2.40. The largest absolute Gasteiger partial charge is 0.508 e. The first kappa shape index (κ1) is 13.6. The average molecular weight is 287 g/mol. The van der Waals surface area contributed by atoms with Crippen molar-refractivity contribution < 1.29 is 19.7 Å². The van der Waals surface area contributed by atoms with Crippen molar-refractivity contribution in [2.24, 2.45) is 0 Å². The summed E-state index contributed by atoms with van der Waals surface area (Å²) in [5.41, 5.74) is 0.838. The van der Waals surface area contributed by atoms with Gasteiger partial charge in [0.1, 0.15) is 29.4 Å². The van der Waals surface area contributed by atoms with E-state index < -0.39 is 5.54 Å². The van der Waals surface area contributed by atoms with Crippen LogP contribution in [0.5, 0.6) is 17.2 Å². The highest BCUT2D eigenvalue weighted by molar-refractivity contribution is 5.61. The minimum Gasteiger partial charge on any atom is -0.508 e. The molecule has 1 aliphatic rings. The summed E-state index contributed by atoms with van der Waals surface area (Å²) in [7, 11) is 1.60. The molecule has 1 aliphatic heterocycles. The lowest BCUT2D eigenvalue weighted by Gasteiger charge is -2.29. The first-order valence-electron chi connectivity index (χ1n) is 6.67. The number of fused-ring (bicyclic) bond motifs is 1. The second-order valence-corrected chi connectivity index (χ2v) is 5.03. The first-order valence-corrected chi connectivity index (χ1v) is 6.67. The highest BCUT2D eigenvalue weighted by atomic mass is 16.5. The van der Waals surface area contributed by atoms with E-state index >= 15 is 0 Å². The predicted octanol–water partition coefficient (Wildman–Crippen LogP) is 2.09. The van der Waals surface area contributed by atoms with Gasteiger partial charge in [-0.2, -0.15) is 0 Å². The number of benzene rings is 2. The average Bonchev–Trinajstić information content (AvgIpc) is 2.86. The number of aliphatic hydroxyl groups is 1. The maximum absolute atomic E-state index is 9.91. The number of hydrogen-bond donors (Lipinski definition) is 3. The molecule has 5 nitrogen and oxygen atoms in total. The summed E-state index contributed by atoms with van der Waals surface area (Å²) in [6, 6.07) is 12.4. The topological polar surface area (TPSA) is 71.0 Å². The molecule has 0 saturated carbocycles. The van der Waals surface area contributed by atoms with Gasteiger partial charge >= 0.3 is 0 Å². The number of phenolic OH excluding ortho intramolecular Hbond substituents is 1. The van der Waals surface area contributed by atoms with Crippen LogP contribution in [-0.2, 0) is 5.54 Å². The zero-order valence-electron chi connectivity index (χ0n) is 11.7. The first-order chi connectivity index (χ1) is 10.2. The third-order valence-electron chi connectivity index (χ3n) is 3.71. The molecule has 0 radical (unpaired) electrons. The van der Waals surface area contributed by atoms with Gasteiger partial charge in [0.25, 0.3) is 0 Å². The van der Waals surface area contributed by atoms with Gasteiger partial charge < -0.3 is 25.0 Å². The zero-order chi connectivity index (χ0) is 14.9. The van der Waals surface area contributed by atoms with E-state index in [9.17, 15) is 10.2 Å². The lowest BCUT2D eigenvalue weighted by atomic mass is 9.92. The number of para-hydroxylation sites is 2. The van der Waals surface area contributed by atoms with Crippen molar-refractivity contribution in [3.05, 3.63) is 48.0 Å². The molecule has 0 spiro atoms. The van der Waals surface area contributed by atoms with Crippen LogP contribution in [0.15, 0.2) is 42.5 Å². The van der Waals surface area contributed by atoms with Gasteiger partial charge in [0.05, 0.1) is 19.4 Å². The van der Waals surface area contributed by atoms with Crippen LogP contribution in [0.25, 0.3) is 0 Å². The van der Waals surface area contributed by atoms with E-state index in [0.29, 0.717) is 11.5 Å². The summed E-state index contributed by atoms with van der Waals surface area (Å²) >= 11 is 0. The van der Waals surface area contributed by atoms with Crippen LogP contribution in [0.3, 0.4) is 0 Å². The molecule has 0 bridgehead atoms. The number of aliphatic hydroxyl groups excluding tert-OH is 1. The van der Waals surface area contributed by atoms with E-state index in [2.05, 4.69) is 5.32 Å². The molecule has 1 heterocycles. The minimum absolute atomic E-state index is 0.136. The molecule has 3 N–H and O–H groups in total. The Morgan fingerprint density at radius 3 is 2.86 bits per heavy atom.